The van der Waals surface area contributed by atoms with Crippen LogP contribution in [0.25, 0.3) is 0 Å². The SMILES string of the molecule is O=C(O)C1=CCC(C(F)F)S1. The maximum atomic E-state index is 11.9. The molecule has 0 aliphatic carbocycles. The van der Waals surface area contributed by atoms with Crippen molar-refractivity contribution < 1.29 is 18.7 Å². The first-order valence-corrected chi connectivity index (χ1v) is 3.87. The Hall–Kier alpha value is -0.580. The van der Waals surface area contributed by atoms with Gasteiger partial charge in [-0.25, -0.2) is 13.6 Å². The van der Waals surface area contributed by atoms with E-state index in [4.69, 9.17) is 5.11 Å². The third-order valence-corrected chi connectivity index (χ3v) is 2.60. The highest BCUT2D eigenvalue weighted by atomic mass is 32.2. The van der Waals surface area contributed by atoms with Gasteiger partial charge in [0.1, 0.15) is 0 Å². The smallest absolute Gasteiger partial charge is 0.341 e. The molecule has 1 rings (SSSR count). The summed E-state index contributed by atoms with van der Waals surface area (Å²) in [4.78, 5) is 10.3. The first kappa shape index (κ1) is 8.52. The largest absolute Gasteiger partial charge is 0.477 e. The highest BCUT2D eigenvalue weighted by Crippen LogP contribution is 2.35. The van der Waals surface area contributed by atoms with Gasteiger partial charge in [-0.3, -0.25) is 0 Å². The summed E-state index contributed by atoms with van der Waals surface area (Å²) >= 11 is 0.738. The molecule has 0 saturated heterocycles. The number of carboxylic acid groups (broad SMARTS) is 1. The number of halogens is 2. The van der Waals surface area contributed by atoms with Crippen LogP contribution in [0.1, 0.15) is 6.42 Å². The summed E-state index contributed by atoms with van der Waals surface area (Å²) in [7, 11) is 0. The molecule has 0 aromatic heterocycles. The van der Waals surface area contributed by atoms with E-state index >= 15 is 0 Å². The fourth-order valence-corrected chi connectivity index (χ4v) is 1.69. The van der Waals surface area contributed by atoms with Crippen molar-refractivity contribution in [2.75, 3.05) is 0 Å². The van der Waals surface area contributed by atoms with Crippen LogP contribution in [-0.4, -0.2) is 22.8 Å². The molecule has 62 valence electrons. The lowest BCUT2D eigenvalue weighted by atomic mass is 10.3. The Balaban J connectivity index is 2.49. The Morgan fingerprint density at radius 2 is 2.45 bits per heavy atom. The molecule has 1 atom stereocenters. The first-order chi connectivity index (χ1) is 5.11. The third-order valence-electron chi connectivity index (χ3n) is 1.31. The Labute approximate surface area is 66.3 Å². The monoisotopic (exact) mass is 180 g/mol. The maximum Gasteiger partial charge on any atom is 0.341 e. The predicted octanol–water partition coefficient (Wildman–Crippen LogP) is 1.73. The number of hydrogen-bond donors (Lipinski definition) is 1. The van der Waals surface area contributed by atoms with Crippen LogP contribution in [0.15, 0.2) is 11.0 Å². The van der Waals surface area contributed by atoms with Gasteiger partial charge in [0, 0.05) is 0 Å². The van der Waals surface area contributed by atoms with Crippen LogP contribution in [-0.2, 0) is 4.79 Å². The van der Waals surface area contributed by atoms with E-state index in [2.05, 4.69) is 0 Å². The standard InChI is InChI=1S/C6H6F2O2S/c7-5(8)3-1-2-4(11-3)6(9)10/h2-3,5H,1H2,(H,9,10). The predicted molar refractivity (Wildman–Crippen MR) is 37.7 cm³/mol. The molecule has 0 spiro atoms. The van der Waals surface area contributed by atoms with Crippen molar-refractivity contribution in [1.82, 2.24) is 0 Å². The van der Waals surface area contributed by atoms with Gasteiger partial charge in [0.25, 0.3) is 6.43 Å². The fraction of sp³-hybridized carbons (Fsp3) is 0.500. The quantitative estimate of drug-likeness (QED) is 0.703. The zero-order valence-electron chi connectivity index (χ0n) is 5.46. The molecule has 5 heteroatoms. The average Bonchev–Trinajstić information content (AvgIpc) is 2.33. The third kappa shape index (κ3) is 1.92. The lowest BCUT2D eigenvalue weighted by Gasteiger charge is -2.05. The van der Waals surface area contributed by atoms with Crippen LogP contribution >= 0.6 is 11.8 Å². The van der Waals surface area contributed by atoms with Crippen LogP contribution in [0, 0.1) is 0 Å². The molecule has 0 aromatic rings. The van der Waals surface area contributed by atoms with Crippen molar-refractivity contribution in [3.8, 4) is 0 Å². The summed E-state index contributed by atoms with van der Waals surface area (Å²) in [5, 5.41) is 7.52. The summed E-state index contributed by atoms with van der Waals surface area (Å²) < 4.78 is 23.9. The van der Waals surface area contributed by atoms with Crippen LogP contribution < -0.4 is 0 Å². The minimum atomic E-state index is -2.44. The molecule has 0 aromatic carbocycles. The summed E-state index contributed by atoms with van der Waals surface area (Å²) in [6.45, 7) is 0. The molecule has 1 aliphatic rings. The molecule has 1 unspecified atom stereocenters. The van der Waals surface area contributed by atoms with Crippen LogP contribution in [0.3, 0.4) is 0 Å². The molecule has 0 amide bonds. The molecular formula is C6H6F2O2S. The topological polar surface area (TPSA) is 37.3 Å². The van der Waals surface area contributed by atoms with E-state index in [-0.39, 0.29) is 11.3 Å². The van der Waals surface area contributed by atoms with E-state index in [1.54, 1.807) is 0 Å². The van der Waals surface area contributed by atoms with Crippen molar-refractivity contribution in [3.05, 3.63) is 11.0 Å². The Bertz CT molecular complexity index is 203. The molecule has 0 bridgehead atoms. The second kappa shape index (κ2) is 3.21. The van der Waals surface area contributed by atoms with Crippen molar-refractivity contribution >= 4 is 17.7 Å². The van der Waals surface area contributed by atoms with Gasteiger partial charge < -0.3 is 5.11 Å². The lowest BCUT2D eigenvalue weighted by molar-refractivity contribution is -0.131. The lowest BCUT2D eigenvalue weighted by Crippen LogP contribution is -2.10. The van der Waals surface area contributed by atoms with Crippen LogP contribution in [0.5, 0.6) is 0 Å². The Morgan fingerprint density at radius 3 is 2.73 bits per heavy atom. The van der Waals surface area contributed by atoms with Gasteiger partial charge in [0.05, 0.1) is 10.2 Å². The van der Waals surface area contributed by atoms with Gasteiger partial charge >= 0.3 is 5.97 Å². The van der Waals surface area contributed by atoms with Crippen molar-refractivity contribution in [1.29, 1.82) is 0 Å². The number of allylic oxidation sites excluding steroid dienone is 1. The van der Waals surface area contributed by atoms with Gasteiger partial charge in [-0.1, -0.05) is 6.08 Å². The first-order valence-electron chi connectivity index (χ1n) is 2.99. The zero-order valence-corrected chi connectivity index (χ0v) is 6.28. The highest BCUT2D eigenvalue weighted by Gasteiger charge is 2.28. The number of rotatable bonds is 2. The molecule has 0 saturated carbocycles. The maximum absolute atomic E-state index is 11.9. The molecular weight excluding hydrogens is 174 g/mol. The van der Waals surface area contributed by atoms with E-state index in [9.17, 15) is 13.6 Å². The minimum Gasteiger partial charge on any atom is -0.477 e. The average molecular weight is 180 g/mol. The number of carbonyl (C=O) groups is 1. The van der Waals surface area contributed by atoms with E-state index in [0.29, 0.717) is 0 Å². The van der Waals surface area contributed by atoms with E-state index < -0.39 is 17.6 Å². The summed E-state index contributed by atoms with van der Waals surface area (Å²) in [5.74, 6) is -1.11. The van der Waals surface area contributed by atoms with Gasteiger partial charge in [0.15, 0.2) is 0 Å². The number of hydrogen-bond acceptors (Lipinski definition) is 2. The normalized spacial score (nSPS) is 23.9. The highest BCUT2D eigenvalue weighted by molar-refractivity contribution is 8.04. The Kier molecular flexibility index (Phi) is 2.49. The fourth-order valence-electron chi connectivity index (χ4n) is 0.775. The molecule has 11 heavy (non-hydrogen) atoms. The molecule has 1 N–H and O–H groups in total. The van der Waals surface area contributed by atoms with Gasteiger partial charge in [-0.2, -0.15) is 0 Å². The van der Waals surface area contributed by atoms with E-state index in [0.717, 1.165) is 11.8 Å². The second-order valence-corrected chi connectivity index (χ2v) is 3.38. The van der Waals surface area contributed by atoms with Crippen molar-refractivity contribution in [2.45, 2.75) is 18.1 Å². The van der Waals surface area contributed by atoms with E-state index in [1.807, 2.05) is 0 Å². The number of aliphatic carboxylic acids is 1. The number of alkyl halides is 2. The number of carboxylic acids is 1. The number of thioether (sulfide) groups is 1. The molecule has 1 aliphatic heterocycles. The second-order valence-electron chi connectivity index (χ2n) is 2.10. The minimum absolute atomic E-state index is 0.0373. The van der Waals surface area contributed by atoms with Crippen LogP contribution in [0.2, 0.25) is 0 Å². The zero-order chi connectivity index (χ0) is 8.43. The van der Waals surface area contributed by atoms with Crippen molar-refractivity contribution in [3.63, 3.8) is 0 Å². The summed E-state index contributed by atoms with van der Waals surface area (Å²) in [6.07, 6.45) is -0.943. The van der Waals surface area contributed by atoms with E-state index in [1.165, 1.54) is 6.08 Å². The van der Waals surface area contributed by atoms with Crippen LogP contribution in [0.4, 0.5) is 8.78 Å². The van der Waals surface area contributed by atoms with Gasteiger partial charge in [0.2, 0.25) is 0 Å². The molecule has 0 radical (unpaired) electrons. The molecule has 1 heterocycles. The van der Waals surface area contributed by atoms with Crippen molar-refractivity contribution in [2.24, 2.45) is 0 Å². The molecule has 0 fully saturated rings. The van der Waals surface area contributed by atoms with Gasteiger partial charge in [-0.05, 0) is 6.42 Å². The summed E-state index contributed by atoms with van der Waals surface area (Å²) in [6, 6.07) is 0. The molecule has 2 nitrogen and oxygen atoms in total. The Morgan fingerprint density at radius 1 is 1.82 bits per heavy atom. The van der Waals surface area contributed by atoms with Gasteiger partial charge in [-0.15, -0.1) is 11.8 Å². The summed E-state index contributed by atoms with van der Waals surface area (Å²) in [5.41, 5.74) is 0.